The maximum atomic E-state index is 5.78. The van der Waals surface area contributed by atoms with Crippen LogP contribution in [0.15, 0.2) is 78.2 Å². The van der Waals surface area contributed by atoms with Crippen LogP contribution in [0.1, 0.15) is 22.9 Å². The quantitative estimate of drug-likeness (QED) is 0.522. The third kappa shape index (κ3) is 6.19. The smallest absolute Gasteiger partial charge is 0.169 e. The summed E-state index contributed by atoms with van der Waals surface area (Å²) in [7, 11) is 0. The second-order valence-corrected chi connectivity index (χ2v) is 8.13. The average Bonchev–Trinajstić information content (AvgIpc) is 3.20. The first-order valence-corrected chi connectivity index (χ1v) is 10.7. The van der Waals surface area contributed by atoms with E-state index in [1.165, 1.54) is 16.0 Å². The van der Waals surface area contributed by atoms with Crippen LogP contribution in [0.5, 0.6) is 0 Å². The van der Waals surface area contributed by atoms with Crippen molar-refractivity contribution in [1.29, 1.82) is 0 Å². The van der Waals surface area contributed by atoms with E-state index in [2.05, 4.69) is 95.3 Å². The van der Waals surface area contributed by atoms with Gasteiger partial charge in [-0.1, -0.05) is 66.7 Å². The number of nitrogens with one attached hydrogen (secondary N) is 1. The lowest BCUT2D eigenvalue weighted by Gasteiger charge is -2.32. The van der Waals surface area contributed by atoms with Gasteiger partial charge in [-0.2, -0.15) is 0 Å². The Morgan fingerprint density at radius 2 is 1.63 bits per heavy atom. The number of hydrogen-bond acceptors (Lipinski definition) is 2. The molecule has 1 atom stereocenters. The molecule has 0 bridgehead atoms. The van der Waals surface area contributed by atoms with Gasteiger partial charge in [0.15, 0.2) is 5.11 Å². The first kappa shape index (κ1) is 19.6. The van der Waals surface area contributed by atoms with Crippen LogP contribution in [0, 0.1) is 0 Å². The minimum Gasteiger partial charge on any atom is -0.362 e. The summed E-state index contributed by atoms with van der Waals surface area (Å²) in [5.41, 5.74) is 2.61. The number of nitrogens with zero attached hydrogens (tertiary/aromatic N) is 1. The summed E-state index contributed by atoms with van der Waals surface area (Å²) in [4.78, 5) is 3.71. The minimum atomic E-state index is 0.334. The first-order chi connectivity index (χ1) is 13.2. The summed E-state index contributed by atoms with van der Waals surface area (Å²) in [6.45, 7) is 3.93. The largest absolute Gasteiger partial charge is 0.362 e. The van der Waals surface area contributed by atoms with E-state index in [-0.39, 0.29) is 0 Å². The Balaban J connectivity index is 1.63. The van der Waals surface area contributed by atoms with Gasteiger partial charge in [0.1, 0.15) is 0 Å². The third-order valence-corrected chi connectivity index (χ3v) is 5.88. The van der Waals surface area contributed by atoms with Gasteiger partial charge in [-0.25, -0.2) is 0 Å². The molecule has 0 fully saturated rings. The zero-order valence-electron chi connectivity index (χ0n) is 15.7. The van der Waals surface area contributed by atoms with Crippen LogP contribution in [0.4, 0.5) is 0 Å². The van der Waals surface area contributed by atoms with E-state index in [9.17, 15) is 0 Å². The van der Waals surface area contributed by atoms with Crippen LogP contribution >= 0.6 is 23.6 Å². The molecule has 0 saturated heterocycles. The van der Waals surface area contributed by atoms with Crippen LogP contribution in [-0.2, 0) is 19.4 Å². The second kappa shape index (κ2) is 10.2. The van der Waals surface area contributed by atoms with Gasteiger partial charge < -0.3 is 10.2 Å². The van der Waals surface area contributed by atoms with Gasteiger partial charge in [0.2, 0.25) is 0 Å². The molecule has 0 unspecified atom stereocenters. The lowest BCUT2D eigenvalue weighted by molar-refractivity contribution is 0.317. The van der Waals surface area contributed by atoms with Gasteiger partial charge in [0.25, 0.3) is 0 Å². The summed E-state index contributed by atoms with van der Waals surface area (Å²) in [6, 6.07) is 25.7. The fourth-order valence-corrected chi connectivity index (χ4v) is 4.27. The summed E-state index contributed by atoms with van der Waals surface area (Å²) in [6.07, 6.45) is 1.98. The van der Waals surface area contributed by atoms with Crippen molar-refractivity contribution in [3.05, 3.63) is 94.2 Å². The summed E-state index contributed by atoms with van der Waals surface area (Å²) in [5, 5.41) is 6.44. The van der Waals surface area contributed by atoms with Crippen LogP contribution in [0.2, 0.25) is 0 Å². The predicted molar refractivity (Wildman–Crippen MR) is 120 cm³/mol. The maximum Gasteiger partial charge on any atom is 0.169 e. The van der Waals surface area contributed by atoms with E-state index in [0.717, 1.165) is 31.0 Å². The van der Waals surface area contributed by atoms with E-state index >= 15 is 0 Å². The van der Waals surface area contributed by atoms with E-state index in [1.54, 1.807) is 0 Å². The fourth-order valence-electron chi connectivity index (χ4n) is 3.10. The molecule has 27 heavy (non-hydrogen) atoms. The van der Waals surface area contributed by atoms with Crippen molar-refractivity contribution in [1.82, 2.24) is 10.2 Å². The molecule has 0 saturated carbocycles. The van der Waals surface area contributed by atoms with Gasteiger partial charge in [-0.15, -0.1) is 11.3 Å². The fraction of sp³-hybridized carbons (Fsp3) is 0.261. The summed E-state index contributed by atoms with van der Waals surface area (Å²) < 4.78 is 0. The van der Waals surface area contributed by atoms with Crippen molar-refractivity contribution in [2.75, 3.05) is 6.54 Å². The molecule has 2 nitrogen and oxygen atoms in total. The van der Waals surface area contributed by atoms with Crippen LogP contribution < -0.4 is 5.32 Å². The van der Waals surface area contributed by atoms with E-state index in [1.807, 2.05) is 11.3 Å². The molecule has 0 aliphatic rings. The summed E-state index contributed by atoms with van der Waals surface area (Å²) >= 11 is 7.59. The van der Waals surface area contributed by atoms with Gasteiger partial charge >= 0.3 is 0 Å². The Hall–Kier alpha value is -2.17. The summed E-state index contributed by atoms with van der Waals surface area (Å²) in [5.74, 6) is 0. The minimum absolute atomic E-state index is 0.334. The van der Waals surface area contributed by atoms with Crippen molar-refractivity contribution < 1.29 is 0 Å². The maximum absolute atomic E-state index is 5.78. The standard InChI is InChI=1S/C23H26N2S2/c1-19(17-22-13-8-16-27-22)25(18-21-11-6-3-7-12-21)23(26)24-15-14-20-9-4-2-5-10-20/h2-13,16,19H,14-15,17-18H2,1H3,(H,24,26)/t19-/m0/s1. The number of rotatable bonds is 8. The lowest BCUT2D eigenvalue weighted by atomic mass is 10.1. The SMILES string of the molecule is C[C@@H](Cc1cccs1)N(Cc1ccccc1)C(=S)NCCc1ccccc1. The molecule has 3 rings (SSSR count). The highest BCUT2D eigenvalue weighted by atomic mass is 32.1. The van der Waals surface area contributed by atoms with E-state index in [0.29, 0.717) is 6.04 Å². The Morgan fingerprint density at radius 3 is 2.26 bits per heavy atom. The van der Waals surface area contributed by atoms with Crippen molar-refractivity contribution >= 4 is 28.7 Å². The third-order valence-electron chi connectivity index (χ3n) is 4.60. The predicted octanol–water partition coefficient (Wildman–Crippen LogP) is 5.30. The molecule has 0 aliphatic carbocycles. The molecule has 140 valence electrons. The van der Waals surface area contributed by atoms with Crippen molar-refractivity contribution in [2.24, 2.45) is 0 Å². The van der Waals surface area contributed by atoms with Crippen molar-refractivity contribution in [3.8, 4) is 0 Å². The monoisotopic (exact) mass is 394 g/mol. The highest BCUT2D eigenvalue weighted by molar-refractivity contribution is 7.80. The molecule has 0 amide bonds. The van der Waals surface area contributed by atoms with Gasteiger partial charge in [-0.3, -0.25) is 0 Å². The average molecular weight is 395 g/mol. The molecule has 1 heterocycles. The number of thiocarbonyl (C=S) groups is 1. The molecule has 0 radical (unpaired) electrons. The van der Waals surface area contributed by atoms with E-state index in [4.69, 9.17) is 12.2 Å². The van der Waals surface area contributed by atoms with Crippen LogP contribution in [0.25, 0.3) is 0 Å². The molecule has 0 aliphatic heterocycles. The molecule has 0 spiro atoms. The first-order valence-electron chi connectivity index (χ1n) is 9.37. The highest BCUT2D eigenvalue weighted by Gasteiger charge is 2.18. The highest BCUT2D eigenvalue weighted by Crippen LogP contribution is 2.17. The zero-order chi connectivity index (χ0) is 18.9. The van der Waals surface area contributed by atoms with Gasteiger partial charge in [-0.05, 0) is 48.1 Å². The molecule has 2 aromatic carbocycles. The Labute approximate surface area is 171 Å². The lowest BCUT2D eigenvalue weighted by Crippen LogP contribution is -2.45. The van der Waals surface area contributed by atoms with Crippen molar-refractivity contribution in [2.45, 2.75) is 32.4 Å². The molecular weight excluding hydrogens is 368 g/mol. The number of thiophene rings is 1. The number of hydrogen-bond donors (Lipinski definition) is 1. The molecule has 1 N–H and O–H groups in total. The Kier molecular flexibility index (Phi) is 7.43. The number of benzene rings is 2. The second-order valence-electron chi connectivity index (χ2n) is 6.71. The van der Waals surface area contributed by atoms with Crippen molar-refractivity contribution in [3.63, 3.8) is 0 Å². The zero-order valence-corrected chi connectivity index (χ0v) is 17.3. The van der Waals surface area contributed by atoms with Gasteiger partial charge in [0.05, 0.1) is 0 Å². The molecule has 1 aromatic heterocycles. The Morgan fingerprint density at radius 1 is 0.963 bits per heavy atom. The molecule has 4 heteroatoms. The normalized spacial score (nSPS) is 11.7. The van der Waals surface area contributed by atoms with E-state index < -0.39 is 0 Å². The Bertz CT molecular complexity index is 801. The van der Waals surface area contributed by atoms with Crippen LogP contribution in [0.3, 0.4) is 0 Å². The molecule has 3 aromatic rings. The van der Waals surface area contributed by atoms with Crippen LogP contribution in [-0.4, -0.2) is 22.6 Å². The molecular formula is C23H26N2S2. The topological polar surface area (TPSA) is 15.3 Å². The van der Waals surface area contributed by atoms with Gasteiger partial charge in [0, 0.05) is 30.4 Å².